The van der Waals surface area contributed by atoms with Crippen molar-refractivity contribution in [1.29, 1.82) is 0 Å². The molecule has 0 radical (unpaired) electrons. The zero-order chi connectivity index (χ0) is 14.3. The summed E-state index contributed by atoms with van der Waals surface area (Å²) in [5, 5.41) is 3.84. The molecule has 106 valence electrons. The fourth-order valence-corrected chi connectivity index (χ4v) is 2.11. The molecule has 1 saturated carbocycles. The first-order valence-electron chi connectivity index (χ1n) is 6.21. The first-order valence-corrected chi connectivity index (χ1v) is 6.21. The molecular weight excluding hydrogens is 268 g/mol. The van der Waals surface area contributed by atoms with E-state index in [1.54, 1.807) is 7.11 Å². The Morgan fingerprint density at radius 2 is 2.05 bits per heavy atom. The van der Waals surface area contributed by atoms with Crippen molar-refractivity contribution in [3.63, 3.8) is 0 Å². The summed E-state index contributed by atoms with van der Waals surface area (Å²) in [5.41, 5.74) is 5.86. The molecule has 1 unspecified atom stereocenters. The Labute approximate surface area is 113 Å². The normalized spacial score (nSPS) is 16.4. The Bertz CT molecular complexity index is 641. The summed E-state index contributed by atoms with van der Waals surface area (Å²) in [6.45, 7) is 0. The van der Waals surface area contributed by atoms with Crippen LogP contribution in [-0.2, 0) is 4.74 Å². The van der Waals surface area contributed by atoms with E-state index in [-0.39, 0.29) is 23.2 Å². The molecular formula is C13H13F2N3O2. The van der Waals surface area contributed by atoms with Crippen molar-refractivity contribution < 1.29 is 18.0 Å². The summed E-state index contributed by atoms with van der Waals surface area (Å²) >= 11 is 0. The molecule has 1 heterocycles. The van der Waals surface area contributed by atoms with E-state index >= 15 is 0 Å². The second-order valence-corrected chi connectivity index (χ2v) is 4.81. The lowest BCUT2D eigenvalue weighted by molar-refractivity contribution is 0.0751. The van der Waals surface area contributed by atoms with Crippen molar-refractivity contribution in [1.82, 2.24) is 10.1 Å². The lowest BCUT2D eigenvalue weighted by Gasteiger charge is -2.08. The number of methoxy groups -OCH3 is 1. The number of nitrogens with zero attached hydrogens (tertiary/aromatic N) is 2. The predicted octanol–water partition coefficient (Wildman–Crippen LogP) is 2.69. The van der Waals surface area contributed by atoms with Crippen LogP contribution in [0, 0.1) is 17.6 Å². The van der Waals surface area contributed by atoms with Crippen LogP contribution in [0.15, 0.2) is 16.7 Å². The molecule has 1 aliphatic rings. The van der Waals surface area contributed by atoms with Gasteiger partial charge in [-0.15, -0.1) is 0 Å². The van der Waals surface area contributed by atoms with Gasteiger partial charge < -0.3 is 15.0 Å². The lowest BCUT2D eigenvalue weighted by Crippen LogP contribution is -2.05. The number of aromatic nitrogens is 2. The fourth-order valence-electron chi connectivity index (χ4n) is 2.11. The molecule has 2 N–H and O–H groups in total. The van der Waals surface area contributed by atoms with Gasteiger partial charge >= 0.3 is 0 Å². The maximum atomic E-state index is 13.3. The summed E-state index contributed by atoms with van der Waals surface area (Å²) in [4.78, 5) is 4.17. The van der Waals surface area contributed by atoms with Gasteiger partial charge in [-0.1, -0.05) is 5.16 Å². The smallest absolute Gasteiger partial charge is 0.260 e. The Hall–Kier alpha value is -2.02. The van der Waals surface area contributed by atoms with Crippen LogP contribution in [0.25, 0.3) is 11.5 Å². The van der Waals surface area contributed by atoms with Gasteiger partial charge in [0.1, 0.15) is 6.10 Å². The van der Waals surface area contributed by atoms with Crippen LogP contribution in [0.5, 0.6) is 0 Å². The highest BCUT2D eigenvalue weighted by Crippen LogP contribution is 2.42. The second kappa shape index (κ2) is 4.82. The summed E-state index contributed by atoms with van der Waals surface area (Å²) in [6, 6.07) is 1.84. The van der Waals surface area contributed by atoms with Crippen molar-refractivity contribution in [3.05, 3.63) is 29.6 Å². The molecule has 0 aliphatic heterocycles. The predicted molar refractivity (Wildman–Crippen MR) is 66.5 cm³/mol. The van der Waals surface area contributed by atoms with E-state index in [4.69, 9.17) is 15.0 Å². The highest BCUT2D eigenvalue weighted by atomic mass is 19.2. The average Bonchev–Trinajstić information content (AvgIpc) is 3.13. The number of rotatable bonds is 4. The molecule has 1 atom stereocenters. The molecule has 20 heavy (non-hydrogen) atoms. The monoisotopic (exact) mass is 281 g/mol. The average molecular weight is 281 g/mol. The quantitative estimate of drug-likeness (QED) is 0.872. The summed E-state index contributed by atoms with van der Waals surface area (Å²) in [6.07, 6.45) is 1.87. The van der Waals surface area contributed by atoms with Gasteiger partial charge in [0.05, 0.1) is 5.56 Å². The summed E-state index contributed by atoms with van der Waals surface area (Å²) in [7, 11) is 1.57. The van der Waals surface area contributed by atoms with E-state index in [0.29, 0.717) is 11.7 Å². The summed E-state index contributed by atoms with van der Waals surface area (Å²) < 4.78 is 36.7. The van der Waals surface area contributed by atoms with E-state index < -0.39 is 11.6 Å². The zero-order valence-corrected chi connectivity index (χ0v) is 10.8. The summed E-state index contributed by atoms with van der Waals surface area (Å²) in [5.74, 6) is -1.20. The third-order valence-electron chi connectivity index (χ3n) is 3.32. The first-order chi connectivity index (χ1) is 9.60. The van der Waals surface area contributed by atoms with Crippen LogP contribution >= 0.6 is 0 Å². The number of nitrogens with two attached hydrogens (primary N) is 1. The number of halogens is 2. The number of nitrogen functional groups attached to an aromatic ring is 1. The molecule has 0 spiro atoms. The fraction of sp³-hybridized carbons (Fsp3) is 0.385. The molecule has 0 amide bonds. The molecule has 1 aromatic carbocycles. The van der Waals surface area contributed by atoms with Gasteiger partial charge in [-0.3, -0.25) is 0 Å². The van der Waals surface area contributed by atoms with Gasteiger partial charge in [-0.2, -0.15) is 4.98 Å². The SMILES string of the molecule is COC(c1noc(-c2cc(F)c(F)cc2N)n1)C1CC1. The van der Waals surface area contributed by atoms with Crippen molar-refractivity contribution >= 4 is 5.69 Å². The Morgan fingerprint density at radius 1 is 1.35 bits per heavy atom. The minimum atomic E-state index is -1.02. The van der Waals surface area contributed by atoms with Gasteiger partial charge in [-0.05, 0) is 24.8 Å². The van der Waals surface area contributed by atoms with Gasteiger partial charge in [-0.25, -0.2) is 8.78 Å². The molecule has 1 fully saturated rings. The minimum absolute atomic E-state index is 0.0412. The molecule has 3 rings (SSSR count). The first kappa shape index (κ1) is 13.0. The molecule has 5 nitrogen and oxygen atoms in total. The van der Waals surface area contributed by atoms with Gasteiger partial charge in [0.15, 0.2) is 11.6 Å². The zero-order valence-electron chi connectivity index (χ0n) is 10.8. The van der Waals surface area contributed by atoms with Crippen molar-refractivity contribution in [2.45, 2.75) is 18.9 Å². The molecule has 0 bridgehead atoms. The molecule has 1 aromatic heterocycles. The van der Waals surface area contributed by atoms with Gasteiger partial charge in [0, 0.05) is 18.9 Å². The van der Waals surface area contributed by atoms with Gasteiger partial charge in [0.25, 0.3) is 5.89 Å². The van der Waals surface area contributed by atoms with E-state index in [2.05, 4.69) is 10.1 Å². The van der Waals surface area contributed by atoms with Gasteiger partial charge in [0.2, 0.25) is 5.82 Å². The number of hydrogen-bond donors (Lipinski definition) is 1. The third-order valence-corrected chi connectivity index (χ3v) is 3.32. The maximum absolute atomic E-state index is 13.3. The number of ether oxygens (including phenoxy) is 1. The third kappa shape index (κ3) is 2.24. The molecule has 7 heteroatoms. The standard InChI is InChI=1S/C13H13F2N3O2/c1-19-11(6-2-3-6)12-17-13(20-18-12)7-4-8(14)9(15)5-10(7)16/h4-6,11H,2-3,16H2,1H3. The van der Waals surface area contributed by atoms with Crippen LogP contribution in [0.4, 0.5) is 14.5 Å². The topological polar surface area (TPSA) is 74.2 Å². The molecule has 1 aliphatic carbocycles. The van der Waals surface area contributed by atoms with Crippen LogP contribution in [-0.4, -0.2) is 17.3 Å². The largest absolute Gasteiger partial charge is 0.398 e. The Balaban J connectivity index is 1.95. The van der Waals surface area contributed by atoms with Crippen LogP contribution in [0.1, 0.15) is 24.8 Å². The Morgan fingerprint density at radius 3 is 2.70 bits per heavy atom. The lowest BCUT2D eigenvalue weighted by atomic mass is 10.1. The van der Waals surface area contributed by atoms with E-state index in [1.807, 2.05) is 0 Å². The van der Waals surface area contributed by atoms with Crippen molar-refractivity contribution in [3.8, 4) is 11.5 Å². The van der Waals surface area contributed by atoms with E-state index in [9.17, 15) is 8.78 Å². The number of benzene rings is 1. The van der Waals surface area contributed by atoms with E-state index in [0.717, 1.165) is 25.0 Å². The van der Waals surface area contributed by atoms with Crippen LogP contribution < -0.4 is 5.73 Å². The highest BCUT2D eigenvalue weighted by Gasteiger charge is 2.35. The number of hydrogen-bond acceptors (Lipinski definition) is 5. The van der Waals surface area contributed by atoms with Crippen molar-refractivity contribution in [2.75, 3.05) is 12.8 Å². The molecule has 2 aromatic rings. The highest BCUT2D eigenvalue weighted by molar-refractivity contribution is 5.70. The molecule has 0 saturated heterocycles. The number of anilines is 1. The second-order valence-electron chi connectivity index (χ2n) is 4.81. The van der Waals surface area contributed by atoms with Crippen LogP contribution in [0.2, 0.25) is 0 Å². The maximum Gasteiger partial charge on any atom is 0.260 e. The minimum Gasteiger partial charge on any atom is -0.398 e. The van der Waals surface area contributed by atoms with E-state index in [1.165, 1.54) is 0 Å². The van der Waals surface area contributed by atoms with Crippen molar-refractivity contribution in [2.24, 2.45) is 5.92 Å². The van der Waals surface area contributed by atoms with Crippen LogP contribution in [0.3, 0.4) is 0 Å². The Kier molecular flexibility index (Phi) is 3.13.